The van der Waals surface area contributed by atoms with E-state index in [0.29, 0.717) is 30.1 Å². The molecule has 0 amide bonds. The number of rotatable bonds is 6. The third kappa shape index (κ3) is 3.54. The van der Waals surface area contributed by atoms with Crippen molar-refractivity contribution in [2.75, 3.05) is 0 Å². The van der Waals surface area contributed by atoms with Crippen molar-refractivity contribution in [1.29, 1.82) is 0 Å². The van der Waals surface area contributed by atoms with Crippen LogP contribution in [-0.2, 0) is 13.2 Å². The van der Waals surface area contributed by atoms with Gasteiger partial charge in [-0.25, -0.2) is 4.39 Å². The summed E-state index contributed by atoms with van der Waals surface area (Å²) in [6.07, 6.45) is 2.41. The van der Waals surface area contributed by atoms with Crippen LogP contribution in [0.15, 0.2) is 22.7 Å². The van der Waals surface area contributed by atoms with E-state index in [1.165, 1.54) is 25.0 Å². The first-order valence-corrected chi connectivity index (χ1v) is 6.64. The van der Waals surface area contributed by atoms with Crippen molar-refractivity contribution in [1.82, 2.24) is 15.5 Å². The Morgan fingerprint density at radius 3 is 2.95 bits per heavy atom. The lowest BCUT2D eigenvalue weighted by atomic mass is 10.2. The molecule has 0 radical (unpaired) electrons. The molecule has 1 saturated carbocycles. The molecule has 0 aliphatic heterocycles. The van der Waals surface area contributed by atoms with Gasteiger partial charge in [-0.3, -0.25) is 0 Å². The zero-order valence-corrected chi connectivity index (χ0v) is 11.2. The number of benzene rings is 1. The summed E-state index contributed by atoms with van der Waals surface area (Å²) >= 11 is 0. The summed E-state index contributed by atoms with van der Waals surface area (Å²) in [5.41, 5.74) is 0.871. The van der Waals surface area contributed by atoms with Crippen LogP contribution in [0, 0.1) is 12.7 Å². The van der Waals surface area contributed by atoms with Crippen LogP contribution in [-0.4, -0.2) is 16.2 Å². The fourth-order valence-corrected chi connectivity index (χ4v) is 1.90. The zero-order valence-electron chi connectivity index (χ0n) is 11.2. The van der Waals surface area contributed by atoms with Gasteiger partial charge in [0, 0.05) is 25.6 Å². The molecule has 0 saturated heterocycles. The second-order valence-corrected chi connectivity index (χ2v) is 4.97. The molecule has 0 bridgehead atoms. The summed E-state index contributed by atoms with van der Waals surface area (Å²) in [5.74, 6) is 1.10. The molecule has 1 fully saturated rings. The minimum Gasteiger partial charge on any atom is -0.485 e. The third-order valence-electron chi connectivity index (χ3n) is 3.04. The summed E-state index contributed by atoms with van der Waals surface area (Å²) in [6.45, 7) is 2.52. The first-order chi connectivity index (χ1) is 9.69. The highest BCUT2D eigenvalue weighted by Gasteiger charge is 2.20. The summed E-state index contributed by atoms with van der Waals surface area (Å²) in [4.78, 5) is 4.03. The second kappa shape index (κ2) is 5.58. The molecule has 5 nitrogen and oxygen atoms in total. The van der Waals surface area contributed by atoms with Crippen LogP contribution < -0.4 is 10.1 Å². The summed E-state index contributed by atoms with van der Waals surface area (Å²) in [5, 5.41) is 7.07. The maximum absolute atomic E-state index is 13.5. The summed E-state index contributed by atoms with van der Waals surface area (Å²) < 4.78 is 23.9. The Hall–Kier alpha value is -1.95. The van der Waals surface area contributed by atoms with E-state index in [2.05, 4.69) is 15.5 Å². The fourth-order valence-electron chi connectivity index (χ4n) is 1.90. The Morgan fingerprint density at radius 2 is 2.25 bits per heavy atom. The molecule has 1 aliphatic rings. The van der Waals surface area contributed by atoms with E-state index in [1.807, 2.05) is 6.07 Å². The molecular formula is C14H16FN3O2. The van der Waals surface area contributed by atoms with Gasteiger partial charge >= 0.3 is 0 Å². The van der Waals surface area contributed by atoms with Gasteiger partial charge in [-0.1, -0.05) is 5.16 Å². The van der Waals surface area contributed by atoms with Crippen LogP contribution in [0.5, 0.6) is 5.75 Å². The number of aromatic nitrogens is 2. The normalized spacial score (nSPS) is 14.5. The molecule has 3 rings (SSSR count). The maximum atomic E-state index is 13.5. The van der Waals surface area contributed by atoms with E-state index in [4.69, 9.17) is 9.26 Å². The Bertz CT molecular complexity index is 596. The lowest BCUT2D eigenvalue weighted by molar-refractivity contribution is 0.284. The van der Waals surface area contributed by atoms with Crippen LogP contribution >= 0.6 is 0 Å². The predicted octanol–water partition coefficient (Wildman–Crippen LogP) is 2.35. The van der Waals surface area contributed by atoms with Crippen molar-refractivity contribution in [3.63, 3.8) is 0 Å². The smallest absolute Gasteiger partial charge is 0.223 e. The Morgan fingerprint density at radius 1 is 1.40 bits per heavy atom. The highest BCUT2D eigenvalue weighted by Crippen LogP contribution is 2.21. The van der Waals surface area contributed by atoms with Gasteiger partial charge in [-0.2, -0.15) is 4.98 Å². The first-order valence-electron chi connectivity index (χ1n) is 6.64. The van der Waals surface area contributed by atoms with Gasteiger partial charge < -0.3 is 14.6 Å². The van der Waals surface area contributed by atoms with Crippen molar-refractivity contribution in [2.24, 2.45) is 0 Å². The third-order valence-corrected chi connectivity index (χ3v) is 3.04. The van der Waals surface area contributed by atoms with Crippen molar-refractivity contribution < 1.29 is 13.7 Å². The zero-order chi connectivity index (χ0) is 13.9. The van der Waals surface area contributed by atoms with Gasteiger partial charge in [-0.15, -0.1) is 0 Å². The van der Waals surface area contributed by atoms with Crippen LogP contribution in [0.25, 0.3) is 0 Å². The molecule has 0 atom stereocenters. The molecule has 0 unspecified atom stereocenters. The molecule has 0 spiro atoms. The quantitative estimate of drug-likeness (QED) is 0.878. The number of ether oxygens (including phenoxy) is 1. The van der Waals surface area contributed by atoms with E-state index in [0.717, 1.165) is 5.56 Å². The Labute approximate surface area is 116 Å². The molecule has 1 aromatic heterocycles. The molecular weight excluding hydrogens is 261 g/mol. The van der Waals surface area contributed by atoms with Crippen molar-refractivity contribution in [3.05, 3.63) is 41.3 Å². The number of hydrogen-bond acceptors (Lipinski definition) is 5. The number of aryl methyl sites for hydroxylation is 1. The number of nitrogens with zero attached hydrogens (tertiary/aromatic N) is 2. The van der Waals surface area contributed by atoms with E-state index in [9.17, 15) is 4.39 Å². The monoisotopic (exact) mass is 277 g/mol. The molecule has 20 heavy (non-hydrogen) atoms. The maximum Gasteiger partial charge on any atom is 0.223 e. The Kier molecular flexibility index (Phi) is 3.64. The molecule has 6 heteroatoms. The van der Waals surface area contributed by atoms with E-state index in [-0.39, 0.29) is 12.4 Å². The first kappa shape index (κ1) is 13.1. The van der Waals surface area contributed by atoms with E-state index < -0.39 is 0 Å². The average Bonchev–Trinajstić information content (AvgIpc) is 3.15. The summed E-state index contributed by atoms with van der Waals surface area (Å²) in [6, 6.07) is 5.28. The minimum atomic E-state index is -0.306. The van der Waals surface area contributed by atoms with Gasteiger partial charge in [0.05, 0.1) is 0 Å². The Balaban J connectivity index is 1.62. The van der Waals surface area contributed by atoms with Gasteiger partial charge in [0.2, 0.25) is 11.7 Å². The van der Waals surface area contributed by atoms with Crippen molar-refractivity contribution in [3.8, 4) is 5.75 Å². The largest absolute Gasteiger partial charge is 0.485 e. The molecule has 1 aliphatic carbocycles. The van der Waals surface area contributed by atoms with E-state index in [1.54, 1.807) is 6.92 Å². The van der Waals surface area contributed by atoms with Crippen LogP contribution in [0.1, 0.15) is 30.1 Å². The van der Waals surface area contributed by atoms with Crippen LogP contribution in [0.3, 0.4) is 0 Å². The highest BCUT2D eigenvalue weighted by molar-refractivity contribution is 5.29. The number of halogens is 1. The topological polar surface area (TPSA) is 60.2 Å². The van der Waals surface area contributed by atoms with Gasteiger partial charge in [0.25, 0.3) is 0 Å². The summed E-state index contributed by atoms with van der Waals surface area (Å²) in [7, 11) is 0. The average molecular weight is 277 g/mol. The van der Waals surface area contributed by atoms with Crippen LogP contribution in [0.4, 0.5) is 4.39 Å². The van der Waals surface area contributed by atoms with Crippen LogP contribution in [0.2, 0.25) is 0 Å². The van der Waals surface area contributed by atoms with Gasteiger partial charge in [-0.05, 0) is 30.5 Å². The highest BCUT2D eigenvalue weighted by atomic mass is 19.1. The molecule has 1 N–H and O–H groups in total. The number of hydrogen-bond donors (Lipinski definition) is 1. The SMILES string of the molecule is Cc1nc(COc2cc(F)cc(CNC3CC3)c2)no1. The lowest BCUT2D eigenvalue weighted by Crippen LogP contribution is -2.15. The van der Waals surface area contributed by atoms with E-state index >= 15 is 0 Å². The molecule has 1 heterocycles. The molecule has 106 valence electrons. The number of nitrogens with one attached hydrogen (secondary N) is 1. The molecule has 1 aromatic carbocycles. The predicted molar refractivity (Wildman–Crippen MR) is 69.6 cm³/mol. The second-order valence-electron chi connectivity index (χ2n) is 4.97. The minimum absolute atomic E-state index is 0.163. The lowest BCUT2D eigenvalue weighted by Gasteiger charge is -2.08. The molecule has 2 aromatic rings. The van der Waals surface area contributed by atoms with Gasteiger partial charge in [0.1, 0.15) is 11.6 Å². The fraction of sp³-hybridized carbons (Fsp3) is 0.429. The van der Waals surface area contributed by atoms with Gasteiger partial charge in [0.15, 0.2) is 6.61 Å². The standard InChI is InChI=1S/C14H16FN3O2/c1-9-17-14(18-20-9)8-19-13-5-10(4-11(15)6-13)7-16-12-2-3-12/h4-6,12,16H,2-3,7-8H2,1H3. The van der Waals surface area contributed by atoms with Crippen molar-refractivity contribution in [2.45, 2.75) is 39.0 Å². The van der Waals surface area contributed by atoms with Crippen molar-refractivity contribution >= 4 is 0 Å².